The number of amides is 5. The van der Waals surface area contributed by atoms with Crippen molar-refractivity contribution in [1.29, 1.82) is 0 Å². The molecule has 53 heavy (non-hydrogen) atoms. The highest BCUT2D eigenvalue weighted by Gasteiger charge is 2.30. The number of benzene rings is 2. The van der Waals surface area contributed by atoms with Crippen LogP contribution in [0.2, 0.25) is 0 Å². The van der Waals surface area contributed by atoms with Crippen molar-refractivity contribution in [3.05, 3.63) is 58.9 Å². The lowest BCUT2D eigenvalue weighted by molar-refractivity contribution is -0.136. The van der Waals surface area contributed by atoms with Gasteiger partial charge >= 0.3 is 12.0 Å². The van der Waals surface area contributed by atoms with Gasteiger partial charge in [0.1, 0.15) is 12.1 Å². The molecule has 1 unspecified atom stereocenters. The van der Waals surface area contributed by atoms with Gasteiger partial charge in [0.2, 0.25) is 52.6 Å². The van der Waals surface area contributed by atoms with Crippen LogP contribution in [0.1, 0.15) is 70.3 Å². The first-order valence-electron chi connectivity index (χ1n) is 17.1. The topological polar surface area (TPSA) is 187 Å². The average Bonchev–Trinajstić information content (AvgIpc) is 3.09. The number of nitrogens with one attached hydrogen (secondary N) is 4. The Hall–Kier alpha value is -4.84. The molecule has 0 aromatic heterocycles. The molecule has 6 N–H and O–H groups in total. The van der Waals surface area contributed by atoms with Crippen molar-refractivity contribution in [3.63, 3.8) is 0 Å². The van der Waals surface area contributed by atoms with E-state index in [-0.39, 0.29) is 51.7 Å². The summed E-state index contributed by atoms with van der Waals surface area (Å²) in [5, 5.41) is 10.6. The lowest BCUT2D eigenvalue weighted by Gasteiger charge is -2.26. The van der Waals surface area contributed by atoms with Crippen LogP contribution >= 0.6 is 0 Å². The van der Waals surface area contributed by atoms with Gasteiger partial charge in [-0.05, 0) is 55.2 Å². The molecule has 5 amide bonds. The minimum atomic E-state index is -2.39. The van der Waals surface area contributed by atoms with E-state index in [1.165, 1.54) is 12.0 Å². The van der Waals surface area contributed by atoms with Crippen molar-refractivity contribution < 1.29 is 60.1 Å². The van der Waals surface area contributed by atoms with E-state index in [2.05, 4.69) is 26.0 Å². The molecule has 1 saturated carbocycles. The van der Waals surface area contributed by atoms with E-state index in [9.17, 15) is 45.9 Å². The molecular formula is C35H44F5N5O8. The third-order valence-electron chi connectivity index (χ3n) is 8.30. The summed E-state index contributed by atoms with van der Waals surface area (Å²) in [4.78, 5) is 62.1. The molecule has 1 aliphatic carbocycles. The number of hydrogen-bond donors (Lipinski definition) is 5. The standard InChI is InChI=1S/C35H44F5N5O8/c1-19(2)31(34(49)44-23(7-4-14-42-35(41)50)33(48)43-22-10-8-21(9-11-22)20-5-3-6-20)45-24(46)12-15-51-17-18-52-16-13-25(47)53-32-29(39)27(37)26(36)28(38)30(32)40/h8-11,19-20,23,31H,3-7,12-18H2,1-2H3,(H,43,48)(H,44,49)(H,45,46)(H3,41,42,50)/t23-,31?/m1/s1. The molecule has 0 heterocycles. The molecule has 18 heteroatoms. The molecule has 2 atom stereocenters. The second-order valence-electron chi connectivity index (χ2n) is 12.6. The fourth-order valence-electron chi connectivity index (χ4n) is 5.12. The van der Waals surface area contributed by atoms with Gasteiger partial charge in [-0.3, -0.25) is 19.2 Å². The zero-order valence-corrected chi connectivity index (χ0v) is 29.3. The van der Waals surface area contributed by atoms with E-state index in [1.807, 2.05) is 12.1 Å². The Morgan fingerprint density at radius 2 is 1.38 bits per heavy atom. The minimum Gasteiger partial charge on any atom is -0.420 e. The maximum Gasteiger partial charge on any atom is 0.313 e. The number of rotatable bonds is 21. The summed E-state index contributed by atoms with van der Waals surface area (Å²) in [5.74, 6) is -15.9. The van der Waals surface area contributed by atoms with Gasteiger partial charge < -0.3 is 41.2 Å². The van der Waals surface area contributed by atoms with Gasteiger partial charge in [0.05, 0.1) is 32.8 Å². The summed E-state index contributed by atoms with van der Waals surface area (Å²) in [6.45, 7) is 3.06. The van der Waals surface area contributed by atoms with E-state index >= 15 is 0 Å². The number of halogens is 5. The predicted octanol–water partition coefficient (Wildman–Crippen LogP) is 4.08. The van der Waals surface area contributed by atoms with Crippen LogP contribution in [0.15, 0.2) is 24.3 Å². The van der Waals surface area contributed by atoms with Gasteiger partial charge in [-0.1, -0.05) is 32.4 Å². The van der Waals surface area contributed by atoms with Crippen LogP contribution in [0.5, 0.6) is 5.75 Å². The molecule has 0 saturated heterocycles. The van der Waals surface area contributed by atoms with Gasteiger partial charge in [0.15, 0.2) is 0 Å². The van der Waals surface area contributed by atoms with Gasteiger partial charge in [0.25, 0.3) is 0 Å². The van der Waals surface area contributed by atoms with E-state index in [1.54, 1.807) is 26.0 Å². The van der Waals surface area contributed by atoms with Gasteiger partial charge in [-0.15, -0.1) is 0 Å². The number of anilines is 1. The lowest BCUT2D eigenvalue weighted by atomic mass is 9.80. The zero-order chi connectivity index (χ0) is 39.1. The van der Waals surface area contributed by atoms with Crippen molar-refractivity contribution in [3.8, 4) is 5.75 Å². The molecule has 1 fully saturated rings. The zero-order valence-electron chi connectivity index (χ0n) is 29.3. The maximum atomic E-state index is 13.7. The molecule has 0 spiro atoms. The molecule has 2 aromatic carbocycles. The van der Waals surface area contributed by atoms with E-state index in [0.717, 1.165) is 12.8 Å². The van der Waals surface area contributed by atoms with Crippen molar-refractivity contribution >= 4 is 35.4 Å². The largest absolute Gasteiger partial charge is 0.420 e. The van der Waals surface area contributed by atoms with Crippen LogP contribution in [0.25, 0.3) is 0 Å². The van der Waals surface area contributed by atoms with E-state index in [0.29, 0.717) is 18.0 Å². The SMILES string of the molecule is CC(C)C(NC(=O)CCOCCOCCC(=O)Oc1c(F)c(F)c(F)c(F)c1F)C(=O)N[C@H](CCCNC(N)=O)C(=O)Nc1ccc(C2CCC2)cc1. The van der Waals surface area contributed by atoms with E-state index in [4.69, 9.17) is 15.2 Å². The molecule has 0 aliphatic heterocycles. The number of ether oxygens (including phenoxy) is 3. The van der Waals surface area contributed by atoms with Gasteiger partial charge in [0, 0.05) is 18.7 Å². The van der Waals surface area contributed by atoms with E-state index < -0.39 is 83.1 Å². The first-order valence-corrected chi connectivity index (χ1v) is 17.1. The predicted molar refractivity (Wildman–Crippen MR) is 180 cm³/mol. The highest BCUT2D eigenvalue weighted by molar-refractivity contribution is 5.98. The summed E-state index contributed by atoms with van der Waals surface area (Å²) in [5.41, 5.74) is 6.88. The highest BCUT2D eigenvalue weighted by atomic mass is 19.2. The normalized spacial score (nSPS) is 13.8. The van der Waals surface area contributed by atoms with Crippen LogP contribution in [-0.4, -0.2) is 74.8 Å². The number of nitrogens with two attached hydrogens (primary N) is 1. The number of primary amides is 1. The second-order valence-corrected chi connectivity index (χ2v) is 12.6. The Balaban J connectivity index is 1.41. The molecule has 0 bridgehead atoms. The molecular weight excluding hydrogens is 713 g/mol. The number of urea groups is 1. The molecule has 13 nitrogen and oxygen atoms in total. The summed E-state index contributed by atoms with van der Waals surface area (Å²) in [6, 6.07) is 4.82. The summed E-state index contributed by atoms with van der Waals surface area (Å²) >= 11 is 0. The summed E-state index contributed by atoms with van der Waals surface area (Å²) in [7, 11) is 0. The number of esters is 1. The van der Waals surface area contributed by atoms with Crippen LogP contribution in [0.4, 0.5) is 32.4 Å². The fourth-order valence-corrected chi connectivity index (χ4v) is 5.12. The van der Waals surface area contributed by atoms with Gasteiger partial charge in [-0.2, -0.15) is 8.78 Å². The number of hydrogen-bond acceptors (Lipinski definition) is 8. The molecule has 3 rings (SSSR count). The van der Waals surface area contributed by atoms with Crippen molar-refractivity contribution in [2.75, 3.05) is 38.3 Å². The van der Waals surface area contributed by atoms with Gasteiger partial charge in [-0.25, -0.2) is 18.0 Å². The summed E-state index contributed by atoms with van der Waals surface area (Å²) in [6.07, 6.45) is 3.22. The van der Waals surface area contributed by atoms with Crippen molar-refractivity contribution in [2.24, 2.45) is 11.7 Å². The van der Waals surface area contributed by atoms with Crippen LogP contribution in [0.3, 0.4) is 0 Å². The average molecular weight is 758 g/mol. The maximum absolute atomic E-state index is 13.7. The van der Waals surface area contributed by atoms with Crippen molar-refractivity contribution in [2.45, 2.75) is 76.8 Å². The molecule has 2 aromatic rings. The monoisotopic (exact) mass is 757 g/mol. The second kappa shape index (κ2) is 21.0. The third-order valence-corrected chi connectivity index (χ3v) is 8.30. The molecule has 1 aliphatic rings. The molecule has 292 valence electrons. The minimum absolute atomic E-state index is 0.0429. The number of carbonyl (C=O) groups excluding carboxylic acids is 5. The Bertz CT molecular complexity index is 1560. The Kier molecular flexibility index (Phi) is 16.9. The smallest absolute Gasteiger partial charge is 0.313 e. The Morgan fingerprint density at radius 3 is 1.92 bits per heavy atom. The first kappa shape index (κ1) is 42.6. The number of carbonyl (C=O) groups is 5. The van der Waals surface area contributed by atoms with Crippen LogP contribution < -0.4 is 31.7 Å². The van der Waals surface area contributed by atoms with Crippen LogP contribution in [0, 0.1) is 35.0 Å². The molecule has 0 radical (unpaired) electrons. The summed E-state index contributed by atoms with van der Waals surface area (Å²) < 4.78 is 81.7. The Morgan fingerprint density at radius 1 is 0.792 bits per heavy atom. The van der Waals surface area contributed by atoms with Crippen molar-refractivity contribution in [1.82, 2.24) is 16.0 Å². The first-order chi connectivity index (χ1) is 25.2. The Labute approximate surface area is 302 Å². The third kappa shape index (κ3) is 13.3. The van der Waals surface area contributed by atoms with Crippen LogP contribution in [-0.2, 0) is 28.7 Å². The highest BCUT2D eigenvalue weighted by Crippen LogP contribution is 2.36. The fraction of sp³-hybridized carbons (Fsp3) is 0.514. The quantitative estimate of drug-likeness (QED) is 0.0315. The lowest BCUT2D eigenvalue weighted by Crippen LogP contribution is -2.54.